The summed E-state index contributed by atoms with van der Waals surface area (Å²) in [6, 6.07) is 4.98. The van der Waals surface area contributed by atoms with Crippen LogP contribution in [0.1, 0.15) is 51.8 Å². The molecule has 3 heteroatoms. The van der Waals surface area contributed by atoms with Gasteiger partial charge in [-0.3, -0.25) is 0 Å². The molecule has 0 unspecified atom stereocenters. The van der Waals surface area contributed by atoms with Gasteiger partial charge in [-0.2, -0.15) is 0 Å². The Bertz CT molecular complexity index is 397. The van der Waals surface area contributed by atoms with Gasteiger partial charge in [0.1, 0.15) is 5.82 Å². The van der Waals surface area contributed by atoms with Crippen LogP contribution < -0.4 is 10.2 Å². The smallest absolute Gasteiger partial charge is 0.129 e. The average Bonchev–Trinajstić information content (AvgIpc) is 2.41. The van der Waals surface area contributed by atoms with Gasteiger partial charge < -0.3 is 10.2 Å². The lowest BCUT2D eigenvalue weighted by Crippen LogP contribution is -2.38. The van der Waals surface area contributed by atoms with Gasteiger partial charge in [0, 0.05) is 24.8 Å². The summed E-state index contributed by atoms with van der Waals surface area (Å²) in [5.41, 5.74) is 2.42. The molecule has 1 N–H and O–H groups in total. The number of nitrogens with zero attached hydrogens (tertiary/aromatic N) is 2. The Kier molecular flexibility index (Phi) is 7.00. The van der Waals surface area contributed by atoms with Crippen molar-refractivity contribution in [1.82, 2.24) is 10.3 Å². The van der Waals surface area contributed by atoms with E-state index in [0.29, 0.717) is 12.0 Å². The second kappa shape index (κ2) is 8.25. The Morgan fingerprint density at radius 3 is 2.30 bits per heavy atom. The maximum Gasteiger partial charge on any atom is 0.129 e. The van der Waals surface area contributed by atoms with Gasteiger partial charge in [-0.1, -0.05) is 33.8 Å². The van der Waals surface area contributed by atoms with Crippen LogP contribution in [0.5, 0.6) is 0 Å². The predicted octanol–water partition coefficient (Wildman–Crippen LogP) is 3.76. The van der Waals surface area contributed by atoms with E-state index in [2.05, 4.69) is 57.0 Å². The molecule has 0 aliphatic heterocycles. The first-order chi connectivity index (χ1) is 9.53. The maximum absolute atomic E-state index is 4.85. The Balaban J connectivity index is 3.03. The van der Waals surface area contributed by atoms with Crippen LogP contribution in [0, 0.1) is 12.8 Å². The van der Waals surface area contributed by atoms with Gasteiger partial charge in [0.05, 0.1) is 0 Å². The molecule has 0 spiro atoms. The van der Waals surface area contributed by atoms with Gasteiger partial charge in [-0.25, -0.2) is 4.98 Å². The number of aryl methyl sites for hydroxylation is 1. The van der Waals surface area contributed by atoms with Gasteiger partial charge in [-0.15, -0.1) is 0 Å². The second-order valence-electron chi connectivity index (χ2n) is 5.96. The standard InChI is InChI=1S/C17H31N3/c1-7-16(8-2)20(12-13(3)4)17-10-9-15(11-18-6)14(5)19-17/h9-10,13,16,18H,7-8,11-12H2,1-6H3. The molecule has 0 aromatic carbocycles. The second-order valence-corrected chi connectivity index (χ2v) is 5.96. The van der Waals surface area contributed by atoms with Crippen molar-refractivity contribution in [3.63, 3.8) is 0 Å². The summed E-state index contributed by atoms with van der Waals surface area (Å²) in [6.45, 7) is 13.2. The van der Waals surface area contributed by atoms with Crippen molar-refractivity contribution in [2.45, 2.75) is 60.0 Å². The summed E-state index contributed by atoms with van der Waals surface area (Å²) in [5, 5.41) is 3.20. The van der Waals surface area contributed by atoms with E-state index in [4.69, 9.17) is 4.98 Å². The van der Waals surface area contributed by atoms with Gasteiger partial charge in [0.2, 0.25) is 0 Å². The Morgan fingerprint density at radius 2 is 1.85 bits per heavy atom. The molecular formula is C17H31N3. The minimum Gasteiger partial charge on any atom is -0.353 e. The molecule has 0 saturated heterocycles. The Morgan fingerprint density at radius 1 is 1.20 bits per heavy atom. The third-order valence-corrected chi connectivity index (χ3v) is 3.79. The van der Waals surface area contributed by atoms with Crippen LogP contribution in [0.15, 0.2) is 12.1 Å². The fourth-order valence-electron chi connectivity index (χ4n) is 2.67. The fourth-order valence-corrected chi connectivity index (χ4v) is 2.67. The molecule has 1 aromatic rings. The van der Waals surface area contributed by atoms with E-state index in [-0.39, 0.29) is 0 Å². The molecule has 0 aliphatic rings. The molecule has 0 atom stereocenters. The number of hydrogen-bond acceptors (Lipinski definition) is 3. The molecule has 0 saturated carbocycles. The van der Waals surface area contributed by atoms with Crippen LogP contribution in [0.3, 0.4) is 0 Å². The van der Waals surface area contributed by atoms with Gasteiger partial charge in [-0.05, 0) is 44.4 Å². The van der Waals surface area contributed by atoms with Crippen LogP contribution in [0.25, 0.3) is 0 Å². The molecule has 114 valence electrons. The molecule has 20 heavy (non-hydrogen) atoms. The van der Waals surface area contributed by atoms with E-state index < -0.39 is 0 Å². The van der Waals surface area contributed by atoms with Crippen LogP contribution in [-0.2, 0) is 6.54 Å². The highest BCUT2D eigenvalue weighted by Crippen LogP contribution is 2.21. The molecule has 3 nitrogen and oxygen atoms in total. The van der Waals surface area contributed by atoms with Crippen molar-refractivity contribution in [3.8, 4) is 0 Å². The molecule has 1 rings (SSSR count). The SMILES string of the molecule is CCC(CC)N(CC(C)C)c1ccc(CNC)c(C)n1. The fraction of sp³-hybridized carbons (Fsp3) is 0.706. The number of pyridine rings is 1. The molecule has 0 aliphatic carbocycles. The first-order valence-electron chi connectivity index (χ1n) is 7.91. The lowest BCUT2D eigenvalue weighted by molar-refractivity contribution is 0.503. The molecule has 0 bridgehead atoms. The summed E-state index contributed by atoms with van der Waals surface area (Å²) in [4.78, 5) is 7.33. The summed E-state index contributed by atoms with van der Waals surface area (Å²) >= 11 is 0. The van der Waals surface area contributed by atoms with Crippen molar-refractivity contribution in [2.24, 2.45) is 5.92 Å². The number of anilines is 1. The minimum atomic E-state index is 0.583. The van der Waals surface area contributed by atoms with Crippen LogP contribution >= 0.6 is 0 Å². The molecule has 1 heterocycles. The van der Waals surface area contributed by atoms with Gasteiger partial charge in [0.15, 0.2) is 0 Å². The first-order valence-corrected chi connectivity index (χ1v) is 7.91. The largest absolute Gasteiger partial charge is 0.353 e. The third kappa shape index (κ3) is 4.48. The average molecular weight is 277 g/mol. The number of aromatic nitrogens is 1. The lowest BCUT2D eigenvalue weighted by Gasteiger charge is -2.33. The van der Waals surface area contributed by atoms with Crippen molar-refractivity contribution in [1.29, 1.82) is 0 Å². The quantitative estimate of drug-likeness (QED) is 0.784. The van der Waals surface area contributed by atoms with Gasteiger partial charge >= 0.3 is 0 Å². The van der Waals surface area contributed by atoms with Gasteiger partial charge in [0.25, 0.3) is 0 Å². The molecular weight excluding hydrogens is 246 g/mol. The number of hydrogen-bond donors (Lipinski definition) is 1. The zero-order chi connectivity index (χ0) is 15.1. The van der Waals surface area contributed by atoms with E-state index in [1.807, 2.05) is 7.05 Å². The van der Waals surface area contributed by atoms with Crippen LogP contribution in [0.4, 0.5) is 5.82 Å². The zero-order valence-corrected chi connectivity index (χ0v) is 14.0. The summed E-state index contributed by atoms with van der Waals surface area (Å²) in [6.07, 6.45) is 2.34. The summed E-state index contributed by atoms with van der Waals surface area (Å²) in [5.74, 6) is 1.78. The monoisotopic (exact) mass is 277 g/mol. The highest BCUT2D eigenvalue weighted by atomic mass is 15.2. The van der Waals surface area contributed by atoms with Crippen molar-refractivity contribution in [2.75, 3.05) is 18.5 Å². The van der Waals surface area contributed by atoms with E-state index in [1.54, 1.807) is 0 Å². The zero-order valence-electron chi connectivity index (χ0n) is 14.0. The third-order valence-electron chi connectivity index (χ3n) is 3.79. The molecule has 0 amide bonds. The van der Waals surface area contributed by atoms with E-state index >= 15 is 0 Å². The highest BCUT2D eigenvalue weighted by molar-refractivity contribution is 5.43. The maximum atomic E-state index is 4.85. The van der Waals surface area contributed by atoms with E-state index in [9.17, 15) is 0 Å². The summed E-state index contributed by atoms with van der Waals surface area (Å²) in [7, 11) is 1.97. The first kappa shape index (κ1) is 17.0. The molecule has 0 radical (unpaired) electrons. The highest BCUT2D eigenvalue weighted by Gasteiger charge is 2.18. The van der Waals surface area contributed by atoms with Crippen molar-refractivity contribution in [3.05, 3.63) is 23.4 Å². The lowest BCUT2D eigenvalue weighted by atomic mass is 10.1. The van der Waals surface area contributed by atoms with Crippen molar-refractivity contribution >= 4 is 5.82 Å². The summed E-state index contributed by atoms with van der Waals surface area (Å²) < 4.78 is 0. The van der Waals surface area contributed by atoms with Crippen LogP contribution in [-0.4, -0.2) is 24.6 Å². The number of nitrogens with one attached hydrogen (secondary N) is 1. The Hall–Kier alpha value is -1.09. The van der Waals surface area contributed by atoms with Crippen molar-refractivity contribution < 1.29 is 0 Å². The van der Waals surface area contributed by atoms with E-state index in [1.165, 1.54) is 18.4 Å². The van der Waals surface area contributed by atoms with E-state index in [0.717, 1.165) is 24.6 Å². The number of rotatable bonds is 8. The predicted molar refractivity (Wildman–Crippen MR) is 88.3 cm³/mol. The topological polar surface area (TPSA) is 28.2 Å². The Labute approximate surface area is 124 Å². The molecule has 0 fully saturated rings. The van der Waals surface area contributed by atoms with Crippen LogP contribution in [0.2, 0.25) is 0 Å². The minimum absolute atomic E-state index is 0.583. The molecule has 1 aromatic heterocycles. The normalized spacial score (nSPS) is 11.4.